The first-order chi connectivity index (χ1) is 13.1. The maximum atomic E-state index is 12.4. The number of aromatic nitrogens is 1. The summed E-state index contributed by atoms with van der Waals surface area (Å²) in [5, 5.41) is 0.856. The number of hydrogen-bond donors (Lipinski definition) is 0. The van der Waals surface area contributed by atoms with Gasteiger partial charge in [-0.3, -0.25) is 14.2 Å². The Labute approximate surface area is 156 Å². The van der Waals surface area contributed by atoms with Crippen LogP contribution in [0.25, 0.3) is 10.9 Å². The summed E-state index contributed by atoms with van der Waals surface area (Å²) in [5.41, 5.74) is 1.14. The van der Waals surface area contributed by atoms with Crippen molar-refractivity contribution in [2.24, 2.45) is 0 Å². The zero-order valence-electron chi connectivity index (χ0n) is 15.3. The van der Waals surface area contributed by atoms with E-state index in [0.717, 1.165) is 10.9 Å². The average Bonchev–Trinajstić information content (AvgIpc) is 2.68. The molecule has 0 aliphatic heterocycles. The third-order valence-electron chi connectivity index (χ3n) is 4.17. The van der Waals surface area contributed by atoms with Crippen LogP contribution in [0.2, 0.25) is 0 Å². The first-order valence-corrected chi connectivity index (χ1v) is 8.61. The van der Waals surface area contributed by atoms with Gasteiger partial charge in [0.25, 0.3) is 5.56 Å². The van der Waals surface area contributed by atoms with Crippen LogP contribution in [0, 0.1) is 6.92 Å². The van der Waals surface area contributed by atoms with Crippen LogP contribution in [0.5, 0.6) is 11.5 Å². The molecule has 0 fully saturated rings. The number of esters is 1. The third kappa shape index (κ3) is 4.28. The van der Waals surface area contributed by atoms with E-state index in [0.29, 0.717) is 17.0 Å². The number of pyridine rings is 1. The quantitative estimate of drug-likeness (QED) is 0.474. The largest absolute Gasteiger partial charge is 0.495 e. The number of carbonyl (C=O) groups is 1. The van der Waals surface area contributed by atoms with Gasteiger partial charge in [0, 0.05) is 11.5 Å². The Kier molecular flexibility index (Phi) is 5.76. The minimum absolute atomic E-state index is 0.101. The van der Waals surface area contributed by atoms with Crippen LogP contribution in [-0.2, 0) is 16.1 Å². The van der Waals surface area contributed by atoms with E-state index < -0.39 is 5.97 Å². The first-order valence-electron chi connectivity index (χ1n) is 8.61. The third-order valence-corrected chi connectivity index (χ3v) is 4.17. The molecule has 0 spiro atoms. The Morgan fingerprint density at radius 3 is 2.56 bits per heavy atom. The van der Waals surface area contributed by atoms with E-state index in [4.69, 9.17) is 14.2 Å². The molecule has 6 nitrogen and oxygen atoms in total. The van der Waals surface area contributed by atoms with Crippen LogP contribution in [-0.4, -0.2) is 30.9 Å². The van der Waals surface area contributed by atoms with Gasteiger partial charge in [0.2, 0.25) is 0 Å². The zero-order valence-corrected chi connectivity index (χ0v) is 15.3. The lowest BCUT2D eigenvalue weighted by atomic mass is 10.1. The smallest absolute Gasteiger partial charge is 0.326 e. The predicted molar refractivity (Wildman–Crippen MR) is 102 cm³/mol. The SMILES string of the molecule is COc1cccc2c(C)cc(=O)n(CC(=O)OCCOc3ccccc3)c12. The number of fused-ring (bicyclic) bond motifs is 1. The molecule has 3 aromatic rings. The molecule has 6 heteroatoms. The van der Waals surface area contributed by atoms with E-state index in [1.54, 1.807) is 6.07 Å². The number of rotatable bonds is 7. The van der Waals surface area contributed by atoms with E-state index in [-0.39, 0.29) is 25.3 Å². The zero-order chi connectivity index (χ0) is 19.2. The molecule has 0 bridgehead atoms. The topological polar surface area (TPSA) is 66.8 Å². The van der Waals surface area contributed by atoms with E-state index in [9.17, 15) is 9.59 Å². The van der Waals surface area contributed by atoms with Gasteiger partial charge in [-0.05, 0) is 30.7 Å². The van der Waals surface area contributed by atoms with E-state index in [1.807, 2.05) is 49.4 Å². The van der Waals surface area contributed by atoms with Gasteiger partial charge in [-0.15, -0.1) is 0 Å². The van der Waals surface area contributed by atoms with Crippen molar-refractivity contribution in [2.75, 3.05) is 20.3 Å². The second kappa shape index (κ2) is 8.40. The van der Waals surface area contributed by atoms with E-state index in [2.05, 4.69) is 0 Å². The van der Waals surface area contributed by atoms with E-state index >= 15 is 0 Å². The van der Waals surface area contributed by atoms with Crippen LogP contribution in [0.3, 0.4) is 0 Å². The van der Waals surface area contributed by atoms with Crippen LogP contribution in [0.15, 0.2) is 59.4 Å². The predicted octanol–water partition coefficient (Wildman–Crippen LogP) is 2.94. The minimum atomic E-state index is -0.509. The summed E-state index contributed by atoms with van der Waals surface area (Å²) < 4.78 is 17.4. The Bertz CT molecular complexity index is 995. The fraction of sp³-hybridized carbons (Fsp3) is 0.238. The number of ether oxygens (including phenoxy) is 3. The monoisotopic (exact) mass is 367 g/mol. The maximum absolute atomic E-state index is 12.4. The summed E-state index contributed by atoms with van der Waals surface area (Å²) in [7, 11) is 1.53. The number of nitrogens with zero attached hydrogens (tertiary/aromatic N) is 1. The van der Waals surface area contributed by atoms with Gasteiger partial charge in [-0.25, -0.2) is 0 Å². The Morgan fingerprint density at radius 2 is 1.81 bits per heavy atom. The second-order valence-electron chi connectivity index (χ2n) is 5.99. The number of carbonyl (C=O) groups excluding carboxylic acids is 1. The first kappa shape index (κ1) is 18.5. The molecule has 1 heterocycles. The molecule has 0 N–H and O–H groups in total. The number of para-hydroxylation sites is 2. The molecule has 140 valence electrons. The van der Waals surface area contributed by atoms with Gasteiger partial charge >= 0.3 is 5.97 Å². The van der Waals surface area contributed by atoms with Gasteiger partial charge in [0.15, 0.2) is 0 Å². The van der Waals surface area contributed by atoms with Gasteiger partial charge < -0.3 is 14.2 Å². The van der Waals surface area contributed by atoms with Crippen molar-refractivity contribution >= 4 is 16.9 Å². The highest BCUT2D eigenvalue weighted by atomic mass is 16.6. The molecular weight excluding hydrogens is 346 g/mol. The summed E-state index contributed by atoms with van der Waals surface area (Å²) in [6, 6.07) is 16.3. The molecule has 0 saturated heterocycles. The summed E-state index contributed by atoms with van der Waals surface area (Å²) in [5.74, 6) is 0.734. The van der Waals surface area contributed by atoms with Crippen molar-refractivity contribution in [3.8, 4) is 11.5 Å². The summed E-state index contributed by atoms with van der Waals surface area (Å²) in [6.07, 6.45) is 0. The molecule has 0 radical (unpaired) electrons. The number of hydrogen-bond acceptors (Lipinski definition) is 5. The highest BCUT2D eigenvalue weighted by Crippen LogP contribution is 2.26. The molecule has 0 aliphatic rings. The Hall–Kier alpha value is -3.28. The van der Waals surface area contributed by atoms with Crippen molar-refractivity contribution < 1.29 is 19.0 Å². The molecular formula is C21H21NO5. The van der Waals surface area contributed by atoms with Gasteiger partial charge in [0.05, 0.1) is 12.6 Å². The summed E-state index contributed by atoms with van der Waals surface area (Å²) in [4.78, 5) is 24.7. The summed E-state index contributed by atoms with van der Waals surface area (Å²) in [6.45, 7) is 2.00. The molecule has 0 amide bonds. The second-order valence-corrected chi connectivity index (χ2v) is 5.99. The van der Waals surface area contributed by atoms with Gasteiger partial charge in [-0.2, -0.15) is 0 Å². The van der Waals surface area contributed by atoms with Crippen LogP contribution >= 0.6 is 0 Å². The Balaban J connectivity index is 1.70. The lowest BCUT2D eigenvalue weighted by molar-refractivity contribution is -0.145. The molecule has 27 heavy (non-hydrogen) atoms. The molecule has 0 saturated carbocycles. The van der Waals surface area contributed by atoms with Crippen molar-refractivity contribution in [3.05, 3.63) is 70.5 Å². The normalized spacial score (nSPS) is 10.6. The highest BCUT2D eigenvalue weighted by Gasteiger charge is 2.14. The standard InChI is InChI=1S/C21H21NO5/c1-15-13-19(23)22(21-17(15)9-6-10-18(21)25-2)14-20(24)27-12-11-26-16-7-4-3-5-8-16/h3-10,13H,11-12,14H2,1-2H3. The van der Waals surface area contributed by atoms with Crippen molar-refractivity contribution in [2.45, 2.75) is 13.5 Å². The molecule has 1 aromatic heterocycles. The Morgan fingerprint density at radius 1 is 1.04 bits per heavy atom. The average molecular weight is 367 g/mol. The summed E-state index contributed by atoms with van der Waals surface area (Å²) >= 11 is 0. The number of aryl methyl sites for hydroxylation is 1. The molecule has 0 unspecified atom stereocenters. The fourth-order valence-electron chi connectivity index (χ4n) is 2.90. The number of methoxy groups -OCH3 is 1. The molecule has 2 aromatic carbocycles. The van der Waals surface area contributed by atoms with Crippen molar-refractivity contribution in [1.82, 2.24) is 4.57 Å². The molecule has 3 rings (SSSR count). The van der Waals surface area contributed by atoms with E-state index in [1.165, 1.54) is 17.7 Å². The lowest BCUT2D eigenvalue weighted by Gasteiger charge is -2.14. The van der Waals surface area contributed by atoms with Gasteiger partial charge in [0.1, 0.15) is 31.3 Å². The van der Waals surface area contributed by atoms with Crippen LogP contribution in [0.4, 0.5) is 0 Å². The minimum Gasteiger partial charge on any atom is -0.495 e. The molecule has 0 aliphatic carbocycles. The van der Waals surface area contributed by atoms with Crippen molar-refractivity contribution in [1.29, 1.82) is 0 Å². The highest BCUT2D eigenvalue weighted by molar-refractivity contribution is 5.88. The van der Waals surface area contributed by atoms with Crippen molar-refractivity contribution in [3.63, 3.8) is 0 Å². The number of benzene rings is 2. The van der Waals surface area contributed by atoms with Crippen LogP contribution in [0.1, 0.15) is 5.56 Å². The van der Waals surface area contributed by atoms with Crippen LogP contribution < -0.4 is 15.0 Å². The maximum Gasteiger partial charge on any atom is 0.326 e. The lowest BCUT2D eigenvalue weighted by Crippen LogP contribution is -2.26. The molecule has 0 atom stereocenters. The fourth-order valence-corrected chi connectivity index (χ4v) is 2.90. The van der Waals surface area contributed by atoms with Gasteiger partial charge in [-0.1, -0.05) is 30.3 Å².